The number of nitrogens with zero attached hydrogens (tertiary/aromatic N) is 2. The van der Waals surface area contributed by atoms with Gasteiger partial charge in [-0.1, -0.05) is 30.3 Å². The minimum Gasteiger partial charge on any atom is -0.497 e. The van der Waals surface area contributed by atoms with Crippen LogP contribution in [0.5, 0.6) is 5.75 Å². The van der Waals surface area contributed by atoms with Gasteiger partial charge in [0.15, 0.2) is 0 Å². The summed E-state index contributed by atoms with van der Waals surface area (Å²) in [6.45, 7) is 1.06. The fourth-order valence-corrected chi connectivity index (χ4v) is 2.79. The van der Waals surface area contributed by atoms with E-state index in [0.29, 0.717) is 0 Å². The Morgan fingerprint density at radius 2 is 1.95 bits per heavy atom. The standard InChI is InChI=1S/C18H18N2O/c1-21-15-9-10-17-16(11-15)19-18(14-5-3-2-4-6-14)20(17)12-13-7-8-13/h2-6,9-11,13H,7-8,12H2,1H3. The van der Waals surface area contributed by atoms with E-state index in [1.54, 1.807) is 7.11 Å². The van der Waals surface area contributed by atoms with Crippen LogP contribution < -0.4 is 4.74 Å². The van der Waals surface area contributed by atoms with E-state index in [0.717, 1.165) is 29.6 Å². The Balaban J connectivity index is 1.90. The molecule has 0 N–H and O–H groups in total. The highest BCUT2D eigenvalue weighted by molar-refractivity contribution is 5.82. The van der Waals surface area contributed by atoms with E-state index in [-0.39, 0.29) is 0 Å². The number of ether oxygens (including phenoxy) is 1. The Kier molecular flexibility index (Phi) is 2.92. The van der Waals surface area contributed by atoms with Crippen LogP contribution in [0, 0.1) is 5.92 Å². The van der Waals surface area contributed by atoms with Crippen molar-refractivity contribution >= 4 is 11.0 Å². The van der Waals surface area contributed by atoms with Crippen molar-refractivity contribution in [1.29, 1.82) is 0 Å². The van der Waals surface area contributed by atoms with Crippen molar-refractivity contribution in [3.8, 4) is 17.1 Å². The lowest BCUT2D eigenvalue weighted by atomic mass is 10.2. The Morgan fingerprint density at radius 1 is 1.14 bits per heavy atom. The lowest BCUT2D eigenvalue weighted by Gasteiger charge is -2.08. The Bertz CT molecular complexity index is 773. The minimum atomic E-state index is 0.812. The van der Waals surface area contributed by atoms with Gasteiger partial charge in [-0.25, -0.2) is 4.98 Å². The molecule has 1 aromatic heterocycles. The van der Waals surface area contributed by atoms with Crippen LogP contribution in [-0.4, -0.2) is 16.7 Å². The topological polar surface area (TPSA) is 27.1 Å². The van der Waals surface area contributed by atoms with Crippen molar-refractivity contribution in [2.45, 2.75) is 19.4 Å². The molecule has 0 aliphatic heterocycles. The summed E-state index contributed by atoms with van der Waals surface area (Å²) in [5.74, 6) is 2.73. The molecule has 1 fully saturated rings. The number of methoxy groups -OCH3 is 1. The summed E-state index contributed by atoms with van der Waals surface area (Å²) >= 11 is 0. The van der Waals surface area contributed by atoms with E-state index in [9.17, 15) is 0 Å². The van der Waals surface area contributed by atoms with Crippen LogP contribution in [-0.2, 0) is 6.54 Å². The highest BCUT2D eigenvalue weighted by Crippen LogP contribution is 2.35. The molecule has 1 heterocycles. The van der Waals surface area contributed by atoms with Crippen molar-refractivity contribution in [3.05, 3.63) is 48.5 Å². The summed E-state index contributed by atoms with van der Waals surface area (Å²) in [6, 6.07) is 16.6. The Hall–Kier alpha value is -2.29. The van der Waals surface area contributed by atoms with Crippen molar-refractivity contribution in [2.75, 3.05) is 7.11 Å². The largest absolute Gasteiger partial charge is 0.497 e. The summed E-state index contributed by atoms with van der Waals surface area (Å²) in [7, 11) is 1.69. The first-order chi connectivity index (χ1) is 10.3. The molecule has 0 spiro atoms. The maximum absolute atomic E-state index is 5.32. The molecule has 3 nitrogen and oxygen atoms in total. The van der Waals surface area contributed by atoms with Crippen LogP contribution >= 0.6 is 0 Å². The van der Waals surface area contributed by atoms with Gasteiger partial charge in [0.2, 0.25) is 0 Å². The number of fused-ring (bicyclic) bond motifs is 1. The smallest absolute Gasteiger partial charge is 0.141 e. The van der Waals surface area contributed by atoms with Crippen LogP contribution in [0.4, 0.5) is 0 Å². The molecule has 0 amide bonds. The molecule has 21 heavy (non-hydrogen) atoms. The minimum absolute atomic E-state index is 0.812. The fraction of sp³-hybridized carbons (Fsp3) is 0.278. The average Bonchev–Trinajstić information content (AvgIpc) is 3.28. The first-order valence-corrected chi connectivity index (χ1v) is 7.45. The number of rotatable bonds is 4. The molecule has 3 heteroatoms. The maximum Gasteiger partial charge on any atom is 0.141 e. The third kappa shape index (κ3) is 2.29. The molecule has 1 aliphatic rings. The van der Waals surface area contributed by atoms with Gasteiger partial charge in [0.05, 0.1) is 18.1 Å². The lowest BCUT2D eigenvalue weighted by Crippen LogP contribution is -2.02. The van der Waals surface area contributed by atoms with Gasteiger partial charge >= 0.3 is 0 Å². The molecule has 0 atom stereocenters. The Labute approximate surface area is 124 Å². The number of aromatic nitrogens is 2. The molecule has 3 aromatic rings. The monoisotopic (exact) mass is 278 g/mol. The Morgan fingerprint density at radius 3 is 2.67 bits per heavy atom. The summed E-state index contributed by atoms with van der Waals surface area (Å²) in [5, 5.41) is 0. The van der Waals surface area contributed by atoms with E-state index >= 15 is 0 Å². The molecule has 0 bridgehead atoms. The molecule has 1 aliphatic carbocycles. The predicted molar refractivity (Wildman–Crippen MR) is 84.4 cm³/mol. The van der Waals surface area contributed by atoms with Crippen molar-refractivity contribution in [2.24, 2.45) is 5.92 Å². The molecule has 2 aromatic carbocycles. The summed E-state index contributed by atoms with van der Waals surface area (Å²) < 4.78 is 7.68. The number of hydrogen-bond donors (Lipinski definition) is 0. The zero-order valence-corrected chi connectivity index (χ0v) is 12.1. The van der Waals surface area contributed by atoms with Gasteiger partial charge in [0.25, 0.3) is 0 Å². The van der Waals surface area contributed by atoms with Crippen molar-refractivity contribution < 1.29 is 4.74 Å². The number of imidazole rings is 1. The van der Waals surface area contributed by atoms with E-state index in [4.69, 9.17) is 9.72 Å². The van der Waals surface area contributed by atoms with Crippen LogP contribution in [0.3, 0.4) is 0 Å². The third-order valence-corrected chi connectivity index (χ3v) is 4.13. The predicted octanol–water partition coefficient (Wildman–Crippen LogP) is 4.12. The van der Waals surface area contributed by atoms with E-state index < -0.39 is 0 Å². The van der Waals surface area contributed by atoms with Crippen LogP contribution in [0.15, 0.2) is 48.5 Å². The van der Waals surface area contributed by atoms with Gasteiger partial charge in [0.1, 0.15) is 11.6 Å². The van der Waals surface area contributed by atoms with Gasteiger partial charge < -0.3 is 9.30 Å². The average molecular weight is 278 g/mol. The second kappa shape index (κ2) is 4.92. The van der Waals surface area contributed by atoms with Gasteiger partial charge in [-0.3, -0.25) is 0 Å². The van der Waals surface area contributed by atoms with Crippen LogP contribution in [0.1, 0.15) is 12.8 Å². The normalized spacial score (nSPS) is 14.5. The summed E-state index contributed by atoms with van der Waals surface area (Å²) in [6.07, 6.45) is 2.67. The van der Waals surface area contributed by atoms with Crippen molar-refractivity contribution in [1.82, 2.24) is 9.55 Å². The summed E-state index contributed by atoms with van der Waals surface area (Å²) in [4.78, 5) is 4.86. The zero-order valence-electron chi connectivity index (χ0n) is 12.1. The second-order valence-electron chi connectivity index (χ2n) is 5.71. The molecule has 0 radical (unpaired) electrons. The highest BCUT2D eigenvalue weighted by atomic mass is 16.5. The van der Waals surface area contributed by atoms with E-state index in [1.165, 1.54) is 23.9 Å². The zero-order chi connectivity index (χ0) is 14.2. The SMILES string of the molecule is COc1ccc2c(c1)nc(-c1ccccc1)n2CC1CC1. The molecule has 4 rings (SSSR count). The van der Waals surface area contributed by atoms with Crippen LogP contribution in [0.2, 0.25) is 0 Å². The van der Waals surface area contributed by atoms with E-state index in [2.05, 4.69) is 34.9 Å². The maximum atomic E-state index is 5.32. The van der Waals surface area contributed by atoms with Gasteiger partial charge in [-0.15, -0.1) is 0 Å². The van der Waals surface area contributed by atoms with E-state index in [1.807, 2.05) is 18.2 Å². The van der Waals surface area contributed by atoms with Crippen LogP contribution in [0.25, 0.3) is 22.4 Å². The first-order valence-electron chi connectivity index (χ1n) is 7.45. The van der Waals surface area contributed by atoms with Gasteiger partial charge in [-0.2, -0.15) is 0 Å². The molecule has 0 saturated heterocycles. The molecular weight excluding hydrogens is 260 g/mol. The molecule has 1 saturated carbocycles. The molecule has 0 unspecified atom stereocenters. The third-order valence-electron chi connectivity index (χ3n) is 4.13. The quantitative estimate of drug-likeness (QED) is 0.717. The summed E-state index contributed by atoms with van der Waals surface area (Å²) in [5.41, 5.74) is 3.38. The van der Waals surface area contributed by atoms with Gasteiger partial charge in [0, 0.05) is 18.2 Å². The lowest BCUT2D eigenvalue weighted by molar-refractivity contribution is 0.415. The fourth-order valence-electron chi connectivity index (χ4n) is 2.79. The van der Waals surface area contributed by atoms with Crippen molar-refractivity contribution in [3.63, 3.8) is 0 Å². The van der Waals surface area contributed by atoms with Gasteiger partial charge in [-0.05, 0) is 30.9 Å². The number of hydrogen-bond acceptors (Lipinski definition) is 2. The second-order valence-corrected chi connectivity index (χ2v) is 5.71. The number of benzene rings is 2. The molecule has 106 valence electrons. The first kappa shape index (κ1) is 12.5. The molecular formula is C18H18N2O. The highest BCUT2D eigenvalue weighted by Gasteiger charge is 2.24.